The number of nitrogens with one attached hydrogen (secondary N) is 1. The number of hydrogen-bond acceptors (Lipinski definition) is 1. The number of hydrogen-bond donors (Lipinski definition) is 1. The second-order valence-electron chi connectivity index (χ2n) is 6.26. The molecule has 0 amide bonds. The molecule has 1 aliphatic rings. The summed E-state index contributed by atoms with van der Waals surface area (Å²) in [7, 11) is 0. The number of benzene rings is 1. The highest BCUT2D eigenvalue weighted by Crippen LogP contribution is 2.33. The van der Waals surface area contributed by atoms with E-state index in [4.69, 9.17) is 0 Å². The van der Waals surface area contributed by atoms with Gasteiger partial charge in [0.25, 0.3) is 0 Å². The molecular weight excluding hydrogens is 218 g/mol. The summed E-state index contributed by atoms with van der Waals surface area (Å²) in [5.74, 6) is 1.62. The molecule has 0 heterocycles. The average molecular weight is 245 g/mol. The quantitative estimate of drug-likeness (QED) is 0.796. The van der Waals surface area contributed by atoms with Crippen LogP contribution < -0.4 is 5.32 Å². The number of rotatable bonds is 3. The largest absolute Gasteiger partial charge is 0.382 e. The maximum absolute atomic E-state index is 3.81. The topological polar surface area (TPSA) is 12.0 Å². The molecule has 1 N–H and O–H groups in total. The molecule has 1 nitrogen and oxygen atoms in total. The lowest BCUT2D eigenvalue weighted by molar-refractivity contribution is 0.254. The highest BCUT2D eigenvalue weighted by molar-refractivity contribution is 5.52. The van der Waals surface area contributed by atoms with Gasteiger partial charge in [0.15, 0.2) is 0 Å². The predicted molar refractivity (Wildman–Crippen MR) is 80.1 cm³/mol. The Labute approximate surface area is 112 Å². The number of aryl methyl sites for hydroxylation is 2. The van der Waals surface area contributed by atoms with Crippen molar-refractivity contribution in [2.45, 2.75) is 59.4 Å². The van der Waals surface area contributed by atoms with Crippen LogP contribution >= 0.6 is 0 Å². The minimum Gasteiger partial charge on any atom is -0.382 e. The van der Waals surface area contributed by atoms with Crippen LogP contribution in [0.1, 0.15) is 50.7 Å². The predicted octanol–water partition coefficient (Wildman–Crippen LogP) is 4.93. The Bertz CT molecular complexity index is 395. The molecule has 0 saturated heterocycles. The van der Waals surface area contributed by atoms with Gasteiger partial charge in [-0.05, 0) is 50.2 Å². The Kier molecular flexibility index (Phi) is 4.31. The molecule has 1 aromatic rings. The molecule has 1 aromatic carbocycles. The van der Waals surface area contributed by atoms with Gasteiger partial charge in [-0.25, -0.2) is 0 Å². The molecule has 0 spiro atoms. The van der Waals surface area contributed by atoms with E-state index in [-0.39, 0.29) is 0 Å². The Morgan fingerprint density at radius 3 is 2.50 bits per heavy atom. The van der Waals surface area contributed by atoms with E-state index in [1.807, 2.05) is 0 Å². The molecule has 18 heavy (non-hydrogen) atoms. The summed E-state index contributed by atoms with van der Waals surface area (Å²) in [6, 6.07) is 7.40. The highest BCUT2D eigenvalue weighted by Gasteiger charge is 2.27. The molecule has 0 bridgehead atoms. The first-order valence-corrected chi connectivity index (χ1v) is 7.41. The van der Waals surface area contributed by atoms with Gasteiger partial charge in [-0.15, -0.1) is 0 Å². The smallest absolute Gasteiger partial charge is 0.0372 e. The second kappa shape index (κ2) is 5.77. The first-order chi connectivity index (χ1) is 8.58. The Balaban J connectivity index is 2.11. The molecular formula is C17H27N. The summed E-state index contributed by atoms with van der Waals surface area (Å²) in [6.45, 7) is 9.11. The zero-order valence-corrected chi connectivity index (χ0v) is 12.3. The molecule has 2 rings (SSSR count). The fraction of sp³-hybridized carbons (Fsp3) is 0.647. The Hall–Kier alpha value is -0.980. The van der Waals surface area contributed by atoms with Crippen molar-refractivity contribution < 1.29 is 0 Å². The fourth-order valence-corrected chi connectivity index (χ4v) is 3.31. The lowest BCUT2D eigenvalue weighted by Gasteiger charge is -2.36. The van der Waals surface area contributed by atoms with E-state index >= 15 is 0 Å². The maximum atomic E-state index is 3.81. The van der Waals surface area contributed by atoms with Crippen molar-refractivity contribution in [3.63, 3.8) is 0 Å². The van der Waals surface area contributed by atoms with Crippen LogP contribution in [0.5, 0.6) is 0 Å². The lowest BCUT2D eigenvalue weighted by atomic mass is 9.77. The summed E-state index contributed by atoms with van der Waals surface area (Å²) < 4.78 is 0. The van der Waals surface area contributed by atoms with Crippen LogP contribution in [0.2, 0.25) is 0 Å². The second-order valence-corrected chi connectivity index (χ2v) is 6.26. The minimum atomic E-state index is 0.667. The van der Waals surface area contributed by atoms with Crippen LogP contribution in [0, 0.1) is 25.7 Å². The number of anilines is 1. The lowest BCUT2D eigenvalue weighted by Crippen LogP contribution is -2.35. The summed E-state index contributed by atoms with van der Waals surface area (Å²) in [5.41, 5.74) is 4.06. The van der Waals surface area contributed by atoms with Crippen molar-refractivity contribution in [1.29, 1.82) is 0 Å². The van der Waals surface area contributed by atoms with Gasteiger partial charge in [0.2, 0.25) is 0 Å². The molecule has 0 aromatic heterocycles. The molecule has 1 heteroatoms. The monoisotopic (exact) mass is 245 g/mol. The third-order valence-corrected chi connectivity index (χ3v) is 4.40. The zero-order valence-electron chi connectivity index (χ0n) is 12.3. The molecule has 2 unspecified atom stereocenters. The summed E-state index contributed by atoms with van der Waals surface area (Å²) in [5, 5.41) is 3.81. The standard InChI is InChI=1S/C17H27N/c1-12(2)15-7-5-6-8-17(15)18-16-10-9-13(3)11-14(16)4/h9-12,15,17-18H,5-8H2,1-4H3. The van der Waals surface area contributed by atoms with Crippen LogP contribution in [0.25, 0.3) is 0 Å². The average Bonchev–Trinajstić information content (AvgIpc) is 2.33. The SMILES string of the molecule is Cc1ccc(NC2CCCCC2C(C)C)c(C)c1. The van der Waals surface area contributed by atoms with E-state index in [0.29, 0.717) is 6.04 Å². The van der Waals surface area contributed by atoms with Gasteiger partial charge in [0.1, 0.15) is 0 Å². The van der Waals surface area contributed by atoms with Crippen molar-refractivity contribution in [2.75, 3.05) is 5.32 Å². The van der Waals surface area contributed by atoms with Crippen LogP contribution in [0.4, 0.5) is 5.69 Å². The van der Waals surface area contributed by atoms with E-state index in [9.17, 15) is 0 Å². The van der Waals surface area contributed by atoms with Gasteiger partial charge in [-0.3, -0.25) is 0 Å². The molecule has 0 aliphatic heterocycles. The van der Waals surface area contributed by atoms with Gasteiger partial charge in [0.05, 0.1) is 0 Å². The maximum Gasteiger partial charge on any atom is 0.0372 e. The van der Waals surface area contributed by atoms with Crippen molar-refractivity contribution in [3.8, 4) is 0 Å². The van der Waals surface area contributed by atoms with Crippen molar-refractivity contribution in [1.82, 2.24) is 0 Å². The van der Waals surface area contributed by atoms with Crippen LogP contribution in [0.15, 0.2) is 18.2 Å². The van der Waals surface area contributed by atoms with E-state index in [1.165, 1.54) is 42.5 Å². The molecule has 1 aliphatic carbocycles. The highest BCUT2D eigenvalue weighted by atomic mass is 14.9. The molecule has 1 fully saturated rings. The third-order valence-electron chi connectivity index (χ3n) is 4.40. The summed E-state index contributed by atoms with van der Waals surface area (Å²) in [4.78, 5) is 0. The van der Waals surface area contributed by atoms with E-state index in [1.54, 1.807) is 0 Å². The third kappa shape index (κ3) is 3.07. The van der Waals surface area contributed by atoms with Gasteiger partial charge < -0.3 is 5.32 Å². The van der Waals surface area contributed by atoms with Gasteiger partial charge in [-0.1, -0.05) is 44.4 Å². The molecule has 0 radical (unpaired) electrons. The Morgan fingerprint density at radius 2 is 1.83 bits per heavy atom. The van der Waals surface area contributed by atoms with Gasteiger partial charge in [0, 0.05) is 11.7 Å². The summed E-state index contributed by atoms with van der Waals surface area (Å²) in [6.07, 6.45) is 5.51. The normalized spacial score (nSPS) is 24.3. The van der Waals surface area contributed by atoms with Crippen LogP contribution in [-0.2, 0) is 0 Å². The van der Waals surface area contributed by atoms with E-state index in [2.05, 4.69) is 51.2 Å². The van der Waals surface area contributed by atoms with Gasteiger partial charge in [-0.2, -0.15) is 0 Å². The summed E-state index contributed by atoms with van der Waals surface area (Å²) >= 11 is 0. The van der Waals surface area contributed by atoms with Crippen molar-refractivity contribution in [3.05, 3.63) is 29.3 Å². The molecule has 2 atom stereocenters. The Morgan fingerprint density at radius 1 is 1.11 bits per heavy atom. The van der Waals surface area contributed by atoms with Crippen LogP contribution in [0.3, 0.4) is 0 Å². The van der Waals surface area contributed by atoms with Crippen molar-refractivity contribution >= 4 is 5.69 Å². The van der Waals surface area contributed by atoms with Crippen LogP contribution in [-0.4, -0.2) is 6.04 Å². The van der Waals surface area contributed by atoms with Gasteiger partial charge >= 0.3 is 0 Å². The first kappa shape index (κ1) is 13.5. The van der Waals surface area contributed by atoms with E-state index in [0.717, 1.165) is 11.8 Å². The molecule has 100 valence electrons. The minimum absolute atomic E-state index is 0.667. The van der Waals surface area contributed by atoms with E-state index < -0.39 is 0 Å². The molecule has 1 saturated carbocycles. The first-order valence-electron chi connectivity index (χ1n) is 7.41. The van der Waals surface area contributed by atoms with Crippen molar-refractivity contribution in [2.24, 2.45) is 11.8 Å². The zero-order chi connectivity index (χ0) is 13.1. The fourth-order valence-electron chi connectivity index (χ4n) is 3.31.